The van der Waals surface area contributed by atoms with Gasteiger partial charge in [0, 0.05) is 24.7 Å². The fourth-order valence-electron chi connectivity index (χ4n) is 1.73. The molecule has 0 bridgehead atoms. The lowest BCUT2D eigenvalue weighted by Gasteiger charge is -2.11. The van der Waals surface area contributed by atoms with Crippen molar-refractivity contribution in [3.05, 3.63) is 34.9 Å². The van der Waals surface area contributed by atoms with Crippen molar-refractivity contribution >= 4 is 27.6 Å². The lowest BCUT2D eigenvalue weighted by molar-refractivity contribution is 0.579. The smallest absolute Gasteiger partial charge is 0.211 e. The molecule has 1 aromatic carbocycles. The van der Waals surface area contributed by atoms with Crippen LogP contribution in [0.25, 0.3) is 0 Å². The number of benzene rings is 1. The van der Waals surface area contributed by atoms with Gasteiger partial charge in [-0.3, -0.25) is 0 Å². The number of rotatable bonds is 9. The van der Waals surface area contributed by atoms with Crippen LogP contribution in [0.5, 0.6) is 0 Å². The maximum absolute atomic E-state index is 11.3. The topological polar surface area (TPSA) is 82.6 Å². The van der Waals surface area contributed by atoms with Gasteiger partial charge in [-0.15, -0.1) is 0 Å². The molecule has 1 aromatic rings. The van der Waals surface area contributed by atoms with Crippen LogP contribution >= 0.6 is 11.6 Å². The van der Waals surface area contributed by atoms with Crippen LogP contribution in [0.4, 0.5) is 0 Å². The maximum Gasteiger partial charge on any atom is 0.211 e. The second-order valence-corrected chi connectivity index (χ2v) is 7.43. The van der Waals surface area contributed by atoms with Crippen LogP contribution in [0.15, 0.2) is 29.3 Å². The number of aliphatic imine (C=N–C) groups is 1. The van der Waals surface area contributed by atoms with Crippen LogP contribution in [-0.4, -0.2) is 39.8 Å². The van der Waals surface area contributed by atoms with E-state index in [1.54, 1.807) is 6.92 Å². The second-order valence-electron chi connectivity index (χ2n) is 4.90. The molecular formula is C15H25ClN4O2S. The van der Waals surface area contributed by atoms with Gasteiger partial charge in [0.15, 0.2) is 5.96 Å². The summed E-state index contributed by atoms with van der Waals surface area (Å²) in [5.74, 6) is 0.812. The first-order chi connectivity index (χ1) is 11.0. The highest BCUT2D eigenvalue weighted by Gasteiger charge is 2.04. The van der Waals surface area contributed by atoms with E-state index in [9.17, 15) is 8.42 Å². The fourth-order valence-corrected chi connectivity index (χ4v) is 2.51. The molecule has 23 heavy (non-hydrogen) atoms. The minimum Gasteiger partial charge on any atom is -0.357 e. The number of hydrogen-bond acceptors (Lipinski definition) is 3. The van der Waals surface area contributed by atoms with E-state index in [1.165, 1.54) is 0 Å². The van der Waals surface area contributed by atoms with Crippen molar-refractivity contribution in [1.82, 2.24) is 15.4 Å². The number of halogens is 1. The van der Waals surface area contributed by atoms with Crippen molar-refractivity contribution in [2.24, 2.45) is 4.99 Å². The Morgan fingerprint density at radius 2 is 1.83 bits per heavy atom. The molecule has 0 heterocycles. The molecule has 0 radical (unpaired) electrons. The highest BCUT2D eigenvalue weighted by atomic mass is 35.5. The molecule has 0 unspecified atom stereocenters. The van der Waals surface area contributed by atoms with Gasteiger partial charge in [0.1, 0.15) is 0 Å². The van der Waals surface area contributed by atoms with Crippen LogP contribution in [0.1, 0.15) is 25.8 Å². The fraction of sp³-hybridized carbons (Fsp3) is 0.533. The molecule has 0 saturated carbocycles. The molecule has 0 aliphatic heterocycles. The summed E-state index contributed by atoms with van der Waals surface area (Å²) < 4.78 is 25.1. The summed E-state index contributed by atoms with van der Waals surface area (Å²) in [5.41, 5.74) is 1.07. The second kappa shape index (κ2) is 10.5. The molecule has 0 aliphatic carbocycles. The highest BCUT2D eigenvalue weighted by molar-refractivity contribution is 7.89. The first-order valence-corrected chi connectivity index (χ1v) is 9.73. The molecule has 0 spiro atoms. The Labute approximate surface area is 143 Å². The van der Waals surface area contributed by atoms with Gasteiger partial charge in [-0.1, -0.05) is 23.7 Å². The lowest BCUT2D eigenvalue weighted by Crippen LogP contribution is -2.38. The van der Waals surface area contributed by atoms with E-state index in [1.807, 2.05) is 31.2 Å². The molecule has 0 atom stereocenters. The zero-order chi connectivity index (χ0) is 17.1. The SMILES string of the molecule is CCNC(=NCc1ccc(Cl)cc1)NCCCNS(=O)(=O)CC. The van der Waals surface area contributed by atoms with Crippen LogP contribution in [-0.2, 0) is 16.6 Å². The van der Waals surface area contributed by atoms with Gasteiger partial charge in [-0.2, -0.15) is 0 Å². The average Bonchev–Trinajstić information content (AvgIpc) is 2.53. The largest absolute Gasteiger partial charge is 0.357 e. The molecule has 0 aliphatic rings. The molecule has 3 N–H and O–H groups in total. The van der Waals surface area contributed by atoms with E-state index < -0.39 is 10.0 Å². The summed E-state index contributed by atoms with van der Waals surface area (Å²) in [4.78, 5) is 4.49. The normalized spacial score (nSPS) is 12.2. The summed E-state index contributed by atoms with van der Waals surface area (Å²) in [6, 6.07) is 7.56. The molecular weight excluding hydrogens is 336 g/mol. The summed E-state index contributed by atoms with van der Waals surface area (Å²) in [5, 5.41) is 7.05. The zero-order valence-electron chi connectivity index (χ0n) is 13.6. The molecule has 1 rings (SSSR count). The van der Waals surface area contributed by atoms with Crippen molar-refractivity contribution in [3.63, 3.8) is 0 Å². The van der Waals surface area contributed by atoms with Gasteiger partial charge < -0.3 is 10.6 Å². The van der Waals surface area contributed by atoms with Gasteiger partial charge in [-0.05, 0) is 38.0 Å². The summed E-state index contributed by atoms with van der Waals surface area (Å²) in [6.07, 6.45) is 0.685. The van der Waals surface area contributed by atoms with Gasteiger partial charge >= 0.3 is 0 Å². The number of hydrogen-bond donors (Lipinski definition) is 3. The zero-order valence-corrected chi connectivity index (χ0v) is 15.2. The third-order valence-corrected chi connectivity index (χ3v) is 4.68. The molecule has 130 valence electrons. The molecule has 0 aromatic heterocycles. The highest BCUT2D eigenvalue weighted by Crippen LogP contribution is 2.10. The van der Waals surface area contributed by atoms with Crippen LogP contribution in [0, 0.1) is 0 Å². The van der Waals surface area contributed by atoms with Gasteiger partial charge in [0.05, 0.1) is 12.3 Å². The predicted molar refractivity (Wildman–Crippen MR) is 96.4 cm³/mol. The van der Waals surface area contributed by atoms with E-state index in [4.69, 9.17) is 11.6 Å². The van der Waals surface area contributed by atoms with Crippen LogP contribution < -0.4 is 15.4 Å². The molecule has 8 heteroatoms. The van der Waals surface area contributed by atoms with Crippen molar-refractivity contribution < 1.29 is 8.42 Å². The van der Waals surface area contributed by atoms with Crippen molar-refractivity contribution in [2.75, 3.05) is 25.4 Å². The molecule has 0 saturated heterocycles. The van der Waals surface area contributed by atoms with E-state index in [0.29, 0.717) is 37.0 Å². The molecule has 6 nitrogen and oxygen atoms in total. The summed E-state index contributed by atoms with van der Waals surface area (Å²) in [7, 11) is -3.11. The Bertz CT molecular complexity index is 588. The third kappa shape index (κ3) is 8.78. The Morgan fingerprint density at radius 1 is 1.13 bits per heavy atom. The van der Waals surface area contributed by atoms with Crippen molar-refractivity contribution in [3.8, 4) is 0 Å². The quantitative estimate of drug-likeness (QED) is 0.356. The van der Waals surface area contributed by atoms with E-state index in [-0.39, 0.29) is 5.75 Å². The minimum absolute atomic E-state index is 0.103. The van der Waals surface area contributed by atoms with Crippen molar-refractivity contribution in [2.45, 2.75) is 26.8 Å². The Balaban J connectivity index is 2.39. The first kappa shape index (κ1) is 19.7. The Kier molecular flexibility index (Phi) is 8.98. The van der Waals surface area contributed by atoms with E-state index in [2.05, 4.69) is 20.3 Å². The van der Waals surface area contributed by atoms with Crippen molar-refractivity contribution in [1.29, 1.82) is 0 Å². The lowest BCUT2D eigenvalue weighted by atomic mass is 10.2. The van der Waals surface area contributed by atoms with Crippen LogP contribution in [0.2, 0.25) is 5.02 Å². The predicted octanol–water partition coefficient (Wildman–Crippen LogP) is 1.72. The number of sulfonamides is 1. The summed E-state index contributed by atoms with van der Waals surface area (Å²) in [6.45, 7) is 5.98. The van der Waals surface area contributed by atoms with Gasteiger partial charge in [-0.25, -0.2) is 18.1 Å². The maximum atomic E-state index is 11.3. The van der Waals surface area contributed by atoms with E-state index >= 15 is 0 Å². The van der Waals surface area contributed by atoms with Crippen LogP contribution in [0.3, 0.4) is 0 Å². The van der Waals surface area contributed by atoms with E-state index in [0.717, 1.165) is 12.1 Å². The third-order valence-electron chi connectivity index (χ3n) is 3.03. The average molecular weight is 361 g/mol. The number of guanidine groups is 1. The molecule has 0 fully saturated rings. The Hall–Kier alpha value is -1.31. The standard InChI is InChI=1S/C15H25ClN4O2S/c1-3-17-15(18-10-5-11-20-23(21,22)4-2)19-12-13-6-8-14(16)9-7-13/h6-9,20H,3-5,10-12H2,1-2H3,(H2,17,18,19). The van der Waals surface area contributed by atoms with Gasteiger partial charge in [0.2, 0.25) is 10.0 Å². The summed E-state index contributed by atoms with van der Waals surface area (Å²) >= 11 is 5.86. The Morgan fingerprint density at radius 3 is 2.43 bits per heavy atom. The monoisotopic (exact) mass is 360 g/mol. The first-order valence-electron chi connectivity index (χ1n) is 7.70. The number of nitrogens with zero attached hydrogens (tertiary/aromatic N) is 1. The van der Waals surface area contributed by atoms with Gasteiger partial charge in [0.25, 0.3) is 0 Å². The molecule has 0 amide bonds. The number of nitrogens with one attached hydrogen (secondary N) is 3. The minimum atomic E-state index is -3.11.